The number of ether oxygens (including phenoxy) is 1. The highest BCUT2D eigenvalue weighted by Crippen LogP contribution is 2.37. The van der Waals surface area contributed by atoms with Crippen LogP contribution in [0.5, 0.6) is 0 Å². The Bertz CT molecular complexity index is 1360. The van der Waals surface area contributed by atoms with Crippen LogP contribution >= 0.6 is 11.6 Å². The molecule has 0 saturated heterocycles. The fraction of sp³-hybridized carbons (Fsp3) is 0.435. The first-order valence-electron chi connectivity index (χ1n) is 11.2. The molecule has 0 atom stereocenters. The first kappa shape index (κ1) is 24.3. The second-order valence-corrected chi connectivity index (χ2v) is 14.7. The molecule has 0 spiro atoms. The number of benzene rings is 1. The van der Waals surface area contributed by atoms with Crippen molar-refractivity contribution in [1.29, 1.82) is 0 Å². The van der Waals surface area contributed by atoms with Gasteiger partial charge in [0.1, 0.15) is 6.54 Å². The summed E-state index contributed by atoms with van der Waals surface area (Å²) in [5, 5.41) is 5.95. The van der Waals surface area contributed by atoms with Crippen LogP contribution < -0.4 is 0 Å². The molecule has 11 heteroatoms. The quantitative estimate of drug-likeness (QED) is 0.202. The first-order valence-corrected chi connectivity index (χ1v) is 14.5. The Morgan fingerprint density at radius 2 is 1.91 bits per heavy atom. The molecule has 4 rings (SSSR count). The van der Waals surface area contributed by atoms with Crippen LogP contribution in [0.15, 0.2) is 30.6 Å². The lowest BCUT2D eigenvalue weighted by atomic mass is 10.2. The SMILES string of the molecule is CCOC(=O)Cn1cnc2c(-n3nc(CO[Si](C)(C)C(C)(C)C)c4ccccc43)nc(Cl)nc21. The van der Waals surface area contributed by atoms with Crippen LogP contribution in [0.25, 0.3) is 27.9 Å². The van der Waals surface area contributed by atoms with Crippen LogP contribution in [0.3, 0.4) is 0 Å². The molecule has 180 valence electrons. The van der Waals surface area contributed by atoms with E-state index >= 15 is 0 Å². The van der Waals surface area contributed by atoms with Crippen LogP contribution in [-0.2, 0) is 27.1 Å². The lowest BCUT2D eigenvalue weighted by molar-refractivity contribution is -0.143. The predicted molar refractivity (Wildman–Crippen MR) is 134 cm³/mol. The van der Waals surface area contributed by atoms with Gasteiger partial charge < -0.3 is 13.7 Å². The number of halogens is 1. The van der Waals surface area contributed by atoms with Crippen LogP contribution in [0, 0.1) is 0 Å². The van der Waals surface area contributed by atoms with E-state index in [1.54, 1.807) is 16.2 Å². The molecule has 0 unspecified atom stereocenters. The molecule has 0 bridgehead atoms. The summed E-state index contributed by atoms with van der Waals surface area (Å²) in [6.07, 6.45) is 1.53. The van der Waals surface area contributed by atoms with Gasteiger partial charge in [-0.1, -0.05) is 39.0 Å². The highest BCUT2D eigenvalue weighted by molar-refractivity contribution is 6.74. The Kier molecular flexibility index (Phi) is 6.49. The minimum Gasteiger partial charge on any atom is -0.465 e. The number of hydrogen-bond donors (Lipinski definition) is 0. The molecule has 3 heterocycles. The van der Waals surface area contributed by atoms with E-state index in [0.29, 0.717) is 30.2 Å². The van der Waals surface area contributed by atoms with E-state index in [2.05, 4.69) is 48.8 Å². The van der Waals surface area contributed by atoms with Crippen molar-refractivity contribution in [3.63, 3.8) is 0 Å². The van der Waals surface area contributed by atoms with Gasteiger partial charge >= 0.3 is 5.97 Å². The standard InChI is InChI=1S/C23H29ClN6O3Si/c1-7-32-18(31)12-29-14-25-19-20(29)26-22(24)27-21(19)30-17-11-9-8-10-15(17)16(28-30)13-33-34(5,6)23(2,3)4/h8-11,14H,7,12-13H2,1-6H3. The Balaban J connectivity index is 1.79. The second kappa shape index (κ2) is 9.08. The number of fused-ring (bicyclic) bond motifs is 2. The van der Waals surface area contributed by atoms with Gasteiger partial charge in [0.15, 0.2) is 25.3 Å². The molecule has 0 N–H and O–H groups in total. The van der Waals surface area contributed by atoms with E-state index in [1.807, 2.05) is 24.3 Å². The molecule has 34 heavy (non-hydrogen) atoms. The number of imidazole rings is 1. The van der Waals surface area contributed by atoms with Crippen molar-refractivity contribution in [2.75, 3.05) is 6.61 Å². The van der Waals surface area contributed by atoms with Gasteiger partial charge in [-0.2, -0.15) is 15.1 Å². The van der Waals surface area contributed by atoms with E-state index in [4.69, 9.17) is 25.9 Å². The molecule has 0 aliphatic carbocycles. The number of esters is 1. The zero-order valence-electron chi connectivity index (χ0n) is 20.3. The number of aromatic nitrogens is 6. The smallest absolute Gasteiger partial charge is 0.326 e. The third kappa shape index (κ3) is 4.57. The lowest BCUT2D eigenvalue weighted by Gasteiger charge is -2.35. The highest BCUT2D eigenvalue weighted by Gasteiger charge is 2.37. The van der Waals surface area contributed by atoms with Gasteiger partial charge in [-0.3, -0.25) is 4.79 Å². The van der Waals surface area contributed by atoms with Gasteiger partial charge in [0.05, 0.1) is 30.8 Å². The average Bonchev–Trinajstić information content (AvgIpc) is 3.33. The summed E-state index contributed by atoms with van der Waals surface area (Å²) in [5.41, 5.74) is 2.59. The van der Waals surface area contributed by atoms with Gasteiger partial charge in [-0.25, -0.2) is 9.67 Å². The lowest BCUT2D eigenvalue weighted by Crippen LogP contribution is -2.40. The van der Waals surface area contributed by atoms with E-state index in [-0.39, 0.29) is 22.8 Å². The van der Waals surface area contributed by atoms with Gasteiger partial charge in [-0.15, -0.1) is 0 Å². The summed E-state index contributed by atoms with van der Waals surface area (Å²) in [7, 11) is -1.97. The Hall–Kier alpha value is -2.82. The number of carbonyl (C=O) groups is 1. The summed E-state index contributed by atoms with van der Waals surface area (Å²) >= 11 is 6.29. The minimum absolute atomic E-state index is 0.0252. The fourth-order valence-corrected chi connectivity index (χ4v) is 4.47. The summed E-state index contributed by atoms with van der Waals surface area (Å²) < 4.78 is 14.8. The highest BCUT2D eigenvalue weighted by atomic mass is 35.5. The molecule has 0 saturated carbocycles. The molecule has 0 amide bonds. The molecular formula is C23H29ClN6O3Si. The van der Waals surface area contributed by atoms with Crippen molar-refractivity contribution < 1.29 is 14.0 Å². The van der Waals surface area contributed by atoms with Crippen LogP contribution in [-0.4, -0.2) is 50.2 Å². The molecule has 9 nitrogen and oxygen atoms in total. The third-order valence-electron chi connectivity index (χ3n) is 6.26. The maximum Gasteiger partial charge on any atom is 0.326 e. The van der Waals surface area contributed by atoms with Crippen LogP contribution in [0.1, 0.15) is 33.4 Å². The van der Waals surface area contributed by atoms with Crippen LogP contribution in [0.4, 0.5) is 0 Å². The summed E-state index contributed by atoms with van der Waals surface area (Å²) in [5.74, 6) is 0.0556. The molecule has 0 fully saturated rings. The summed E-state index contributed by atoms with van der Waals surface area (Å²) in [6, 6.07) is 7.90. The average molecular weight is 501 g/mol. The van der Waals surface area contributed by atoms with E-state index in [0.717, 1.165) is 16.6 Å². The first-order chi connectivity index (χ1) is 16.0. The predicted octanol–water partition coefficient (Wildman–Crippen LogP) is 4.90. The number of nitrogens with zero attached hydrogens (tertiary/aromatic N) is 6. The maximum atomic E-state index is 12.0. The molecule has 3 aromatic heterocycles. The Labute approximate surface area is 204 Å². The summed E-state index contributed by atoms with van der Waals surface area (Å²) in [6.45, 7) is 13.5. The molecule has 1 aromatic carbocycles. The van der Waals surface area contributed by atoms with Crippen molar-refractivity contribution in [3.05, 3.63) is 41.6 Å². The van der Waals surface area contributed by atoms with Gasteiger partial charge in [0.25, 0.3) is 0 Å². The molecule has 0 aliphatic rings. The maximum absolute atomic E-state index is 12.0. The zero-order chi connectivity index (χ0) is 24.7. The molecule has 0 radical (unpaired) electrons. The monoisotopic (exact) mass is 500 g/mol. The third-order valence-corrected chi connectivity index (χ3v) is 10.9. The second-order valence-electron chi connectivity index (χ2n) is 9.59. The van der Waals surface area contributed by atoms with Gasteiger partial charge in [0, 0.05) is 5.39 Å². The van der Waals surface area contributed by atoms with Crippen molar-refractivity contribution in [2.24, 2.45) is 0 Å². The van der Waals surface area contributed by atoms with Crippen molar-refractivity contribution in [3.8, 4) is 5.82 Å². The Morgan fingerprint density at radius 3 is 2.62 bits per heavy atom. The zero-order valence-corrected chi connectivity index (χ0v) is 22.0. The number of carbonyl (C=O) groups excluding carboxylic acids is 1. The van der Waals surface area contributed by atoms with Crippen molar-refractivity contribution >= 4 is 48.0 Å². The topological polar surface area (TPSA) is 97.0 Å². The Morgan fingerprint density at radius 1 is 1.18 bits per heavy atom. The fourth-order valence-electron chi connectivity index (χ4n) is 3.38. The minimum atomic E-state index is -1.97. The van der Waals surface area contributed by atoms with E-state index < -0.39 is 8.32 Å². The number of para-hydroxylation sites is 1. The summed E-state index contributed by atoms with van der Waals surface area (Å²) in [4.78, 5) is 25.2. The normalized spacial score (nSPS) is 12.6. The van der Waals surface area contributed by atoms with Crippen molar-refractivity contribution in [2.45, 2.75) is 59.0 Å². The molecule has 0 aliphatic heterocycles. The van der Waals surface area contributed by atoms with Crippen molar-refractivity contribution in [1.82, 2.24) is 29.3 Å². The molecular weight excluding hydrogens is 472 g/mol. The van der Waals surface area contributed by atoms with E-state index in [1.165, 1.54) is 6.33 Å². The van der Waals surface area contributed by atoms with Gasteiger partial charge in [0.2, 0.25) is 5.28 Å². The number of rotatable bonds is 7. The van der Waals surface area contributed by atoms with E-state index in [9.17, 15) is 4.79 Å². The van der Waals surface area contributed by atoms with Crippen LogP contribution in [0.2, 0.25) is 23.4 Å². The molecule has 4 aromatic rings. The van der Waals surface area contributed by atoms with Gasteiger partial charge in [-0.05, 0) is 42.7 Å². The number of hydrogen-bond acceptors (Lipinski definition) is 7. The largest absolute Gasteiger partial charge is 0.465 e.